The van der Waals surface area contributed by atoms with Crippen LogP contribution in [0.5, 0.6) is 5.75 Å². The summed E-state index contributed by atoms with van der Waals surface area (Å²) < 4.78 is 10.4. The van der Waals surface area contributed by atoms with Gasteiger partial charge in [0.25, 0.3) is 5.91 Å². The van der Waals surface area contributed by atoms with Gasteiger partial charge in [0, 0.05) is 30.0 Å². The van der Waals surface area contributed by atoms with Crippen molar-refractivity contribution >= 4 is 23.2 Å². The predicted molar refractivity (Wildman–Crippen MR) is 103 cm³/mol. The lowest BCUT2D eigenvalue weighted by Gasteiger charge is -2.27. The average molecular weight is 369 g/mol. The Bertz CT molecular complexity index is 786. The number of rotatable bonds is 6. The number of carbonyl (C=O) groups excluding carboxylic acids is 2. The van der Waals surface area contributed by atoms with E-state index in [0.29, 0.717) is 37.6 Å². The van der Waals surface area contributed by atoms with Crippen molar-refractivity contribution < 1.29 is 19.1 Å². The molecule has 1 aliphatic rings. The third-order valence-corrected chi connectivity index (χ3v) is 4.23. The topological polar surface area (TPSA) is 79.9 Å². The summed E-state index contributed by atoms with van der Waals surface area (Å²) in [6.07, 6.45) is 0. The molecule has 0 bridgehead atoms. The van der Waals surface area contributed by atoms with E-state index in [0.717, 1.165) is 11.4 Å². The highest BCUT2D eigenvalue weighted by atomic mass is 16.5. The van der Waals surface area contributed by atoms with Crippen molar-refractivity contribution in [3.05, 3.63) is 54.1 Å². The Kier molecular flexibility index (Phi) is 6.27. The van der Waals surface area contributed by atoms with Gasteiger partial charge in [-0.2, -0.15) is 0 Å². The van der Waals surface area contributed by atoms with Crippen molar-refractivity contribution in [3.8, 4) is 5.75 Å². The highest BCUT2D eigenvalue weighted by Gasteiger charge is 2.18. The van der Waals surface area contributed by atoms with Gasteiger partial charge in [0.2, 0.25) is 5.91 Å². The second-order valence-electron chi connectivity index (χ2n) is 6.12. The van der Waals surface area contributed by atoms with Crippen LogP contribution in [-0.4, -0.2) is 56.7 Å². The molecule has 2 amide bonds. The molecule has 27 heavy (non-hydrogen) atoms. The molecule has 1 saturated heterocycles. The number of nitrogens with one attached hydrogen (secondary N) is 2. The summed E-state index contributed by atoms with van der Waals surface area (Å²) in [4.78, 5) is 26.4. The molecule has 1 fully saturated rings. The van der Waals surface area contributed by atoms with Crippen LogP contribution in [-0.2, 0) is 9.53 Å². The van der Waals surface area contributed by atoms with Crippen LogP contribution in [0.3, 0.4) is 0 Å². The maximum Gasteiger partial charge on any atom is 0.254 e. The van der Waals surface area contributed by atoms with Gasteiger partial charge in [-0.15, -0.1) is 0 Å². The van der Waals surface area contributed by atoms with E-state index in [4.69, 9.17) is 9.47 Å². The summed E-state index contributed by atoms with van der Waals surface area (Å²) in [6, 6.07) is 14.3. The molecular formula is C20H23N3O4. The fourth-order valence-corrected chi connectivity index (χ4v) is 2.77. The second-order valence-corrected chi connectivity index (χ2v) is 6.12. The first-order chi connectivity index (χ1) is 13.2. The molecule has 7 heteroatoms. The number of nitrogens with zero attached hydrogens (tertiary/aromatic N) is 1. The monoisotopic (exact) mass is 369 g/mol. The Labute approximate surface area is 158 Å². The van der Waals surface area contributed by atoms with Gasteiger partial charge in [-0.3, -0.25) is 9.59 Å². The average Bonchev–Trinajstić information content (AvgIpc) is 2.73. The third kappa shape index (κ3) is 5.21. The van der Waals surface area contributed by atoms with Gasteiger partial charge in [0.1, 0.15) is 5.75 Å². The standard InChI is InChI=1S/C20H23N3O4/c1-26-18-7-5-16(6-8-18)22-19(24)14-21-17-4-2-3-15(13-17)20(25)23-9-11-27-12-10-23/h2-8,13,21H,9-12,14H2,1H3,(H,22,24). The number of morpholine rings is 1. The smallest absolute Gasteiger partial charge is 0.254 e. The van der Waals surface area contributed by atoms with Crippen molar-refractivity contribution in [1.82, 2.24) is 4.90 Å². The van der Waals surface area contributed by atoms with Gasteiger partial charge in [-0.1, -0.05) is 6.07 Å². The molecule has 3 rings (SSSR count). The number of hydrogen-bond donors (Lipinski definition) is 2. The number of anilines is 2. The zero-order valence-electron chi connectivity index (χ0n) is 15.2. The Balaban J connectivity index is 1.54. The molecule has 2 N–H and O–H groups in total. The van der Waals surface area contributed by atoms with Crippen LogP contribution in [0.15, 0.2) is 48.5 Å². The van der Waals surface area contributed by atoms with Gasteiger partial charge in [-0.25, -0.2) is 0 Å². The van der Waals surface area contributed by atoms with E-state index < -0.39 is 0 Å². The minimum Gasteiger partial charge on any atom is -0.497 e. The zero-order valence-corrected chi connectivity index (χ0v) is 15.2. The molecule has 1 heterocycles. The van der Waals surface area contributed by atoms with Crippen molar-refractivity contribution in [2.75, 3.05) is 50.6 Å². The Morgan fingerprint density at radius 2 is 1.81 bits per heavy atom. The summed E-state index contributed by atoms with van der Waals surface area (Å²) in [6.45, 7) is 2.42. The maximum atomic E-state index is 12.5. The summed E-state index contributed by atoms with van der Waals surface area (Å²) in [7, 11) is 1.59. The lowest BCUT2D eigenvalue weighted by Crippen LogP contribution is -2.40. The summed E-state index contributed by atoms with van der Waals surface area (Å²) in [5, 5.41) is 5.86. The highest BCUT2D eigenvalue weighted by Crippen LogP contribution is 2.16. The van der Waals surface area contributed by atoms with E-state index in [2.05, 4.69) is 10.6 Å². The van der Waals surface area contributed by atoms with E-state index in [9.17, 15) is 9.59 Å². The molecule has 2 aromatic rings. The molecule has 0 radical (unpaired) electrons. The number of methoxy groups -OCH3 is 1. The molecular weight excluding hydrogens is 346 g/mol. The number of benzene rings is 2. The molecule has 2 aromatic carbocycles. The summed E-state index contributed by atoms with van der Waals surface area (Å²) in [5.41, 5.74) is 2.01. The lowest BCUT2D eigenvalue weighted by atomic mass is 10.1. The summed E-state index contributed by atoms with van der Waals surface area (Å²) in [5.74, 6) is 0.530. The quantitative estimate of drug-likeness (QED) is 0.816. The predicted octanol–water partition coefficient (Wildman–Crippen LogP) is 2.22. The first-order valence-electron chi connectivity index (χ1n) is 8.80. The Morgan fingerprint density at radius 3 is 2.52 bits per heavy atom. The first-order valence-corrected chi connectivity index (χ1v) is 8.80. The molecule has 0 aliphatic carbocycles. The van der Waals surface area contributed by atoms with Crippen LogP contribution < -0.4 is 15.4 Å². The van der Waals surface area contributed by atoms with Gasteiger partial charge in [-0.05, 0) is 42.5 Å². The molecule has 1 aliphatic heterocycles. The molecule has 142 valence electrons. The zero-order chi connectivity index (χ0) is 19.1. The molecule has 0 saturated carbocycles. The Morgan fingerprint density at radius 1 is 1.07 bits per heavy atom. The van der Waals surface area contributed by atoms with Crippen LogP contribution >= 0.6 is 0 Å². The normalized spacial score (nSPS) is 13.7. The highest BCUT2D eigenvalue weighted by molar-refractivity contribution is 5.96. The van der Waals surface area contributed by atoms with Crippen LogP contribution in [0.1, 0.15) is 10.4 Å². The van der Waals surface area contributed by atoms with Crippen molar-refractivity contribution in [3.63, 3.8) is 0 Å². The molecule has 0 aromatic heterocycles. The number of amides is 2. The van der Waals surface area contributed by atoms with Crippen LogP contribution in [0.2, 0.25) is 0 Å². The van der Waals surface area contributed by atoms with Crippen molar-refractivity contribution in [2.45, 2.75) is 0 Å². The molecule has 7 nitrogen and oxygen atoms in total. The number of carbonyl (C=O) groups is 2. The molecule has 0 unspecified atom stereocenters. The van der Waals surface area contributed by atoms with E-state index in [1.54, 1.807) is 54.5 Å². The van der Waals surface area contributed by atoms with Gasteiger partial charge < -0.3 is 25.0 Å². The number of ether oxygens (including phenoxy) is 2. The van der Waals surface area contributed by atoms with Crippen molar-refractivity contribution in [1.29, 1.82) is 0 Å². The molecule has 0 atom stereocenters. The van der Waals surface area contributed by atoms with E-state index in [-0.39, 0.29) is 18.4 Å². The minimum atomic E-state index is -0.176. The number of hydrogen-bond acceptors (Lipinski definition) is 5. The second kappa shape index (κ2) is 9.05. The Hall–Kier alpha value is -3.06. The van der Waals surface area contributed by atoms with E-state index in [1.165, 1.54) is 0 Å². The first kappa shape index (κ1) is 18.7. The SMILES string of the molecule is COc1ccc(NC(=O)CNc2cccc(C(=O)N3CCOCC3)c2)cc1. The summed E-state index contributed by atoms with van der Waals surface area (Å²) >= 11 is 0. The lowest BCUT2D eigenvalue weighted by molar-refractivity contribution is -0.114. The fourth-order valence-electron chi connectivity index (χ4n) is 2.77. The van der Waals surface area contributed by atoms with E-state index in [1.807, 2.05) is 6.07 Å². The van der Waals surface area contributed by atoms with Gasteiger partial charge >= 0.3 is 0 Å². The third-order valence-electron chi connectivity index (χ3n) is 4.23. The largest absolute Gasteiger partial charge is 0.497 e. The van der Waals surface area contributed by atoms with Crippen LogP contribution in [0, 0.1) is 0 Å². The van der Waals surface area contributed by atoms with Crippen LogP contribution in [0.4, 0.5) is 11.4 Å². The van der Waals surface area contributed by atoms with Crippen molar-refractivity contribution in [2.24, 2.45) is 0 Å². The van der Waals surface area contributed by atoms with Crippen LogP contribution in [0.25, 0.3) is 0 Å². The van der Waals surface area contributed by atoms with E-state index >= 15 is 0 Å². The van der Waals surface area contributed by atoms with Gasteiger partial charge in [0.15, 0.2) is 0 Å². The van der Waals surface area contributed by atoms with Gasteiger partial charge in [0.05, 0.1) is 26.9 Å². The minimum absolute atomic E-state index is 0.0235. The fraction of sp³-hybridized carbons (Fsp3) is 0.300. The maximum absolute atomic E-state index is 12.5. The molecule has 0 spiro atoms.